The van der Waals surface area contributed by atoms with Crippen LogP contribution in [0.5, 0.6) is 0 Å². The Bertz CT molecular complexity index is 317. The summed E-state index contributed by atoms with van der Waals surface area (Å²) < 4.78 is 5.65. The average molecular weight is 208 g/mol. The quantitative estimate of drug-likeness (QED) is 0.703. The summed E-state index contributed by atoms with van der Waals surface area (Å²) >= 11 is 0. The molecule has 1 unspecified atom stereocenters. The predicted octanol–water partition coefficient (Wildman–Crippen LogP) is 2.01. The van der Waals surface area contributed by atoms with Gasteiger partial charge in [-0.05, 0) is 19.1 Å². The minimum Gasteiger partial charge on any atom is -0.464 e. The second-order valence-corrected chi connectivity index (χ2v) is 3.78. The standard InChI is InChI=1S/C12H20N2O/c1-4-10-5-6-12(15-10)11(7-13)14-8-9(2)3/h5-6,11,14H,2,4,7-8,13H2,1,3H3. The molecular weight excluding hydrogens is 188 g/mol. The van der Waals surface area contributed by atoms with Gasteiger partial charge in [0.15, 0.2) is 0 Å². The van der Waals surface area contributed by atoms with Crippen LogP contribution >= 0.6 is 0 Å². The van der Waals surface area contributed by atoms with E-state index in [1.165, 1.54) is 0 Å². The Morgan fingerprint density at radius 3 is 2.80 bits per heavy atom. The van der Waals surface area contributed by atoms with E-state index in [4.69, 9.17) is 10.2 Å². The molecule has 3 nitrogen and oxygen atoms in total. The van der Waals surface area contributed by atoms with Crippen molar-refractivity contribution in [3.63, 3.8) is 0 Å². The molecule has 0 aromatic carbocycles. The van der Waals surface area contributed by atoms with Gasteiger partial charge in [-0.1, -0.05) is 19.1 Å². The maximum Gasteiger partial charge on any atom is 0.122 e. The molecule has 84 valence electrons. The molecule has 0 radical (unpaired) electrons. The molecule has 15 heavy (non-hydrogen) atoms. The van der Waals surface area contributed by atoms with Crippen LogP contribution in [0.3, 0.4) is 0 Å². The van der Waals surface area contributed by atoms with Gasteiger partial charge in [-0.3, -0.25) is 0 Å². The number of nitrogens with one attached hydrogen (secondary N) is 1. The van der Waals surface area contributed by atoms with Gasteiger partial charge >= 0.3 is 0 Å². The summed E-state index contributed by atoms with van der Waals surface area (Å²) in [4.78, 5) is 0. The summed E-state index contributed by atoms with van der Waals surface area (Å²) in [5.41, 5.74) is 6.78. The summed E-state index contributed by atoms with van der Waals surface area (Å²) in [7, 11) is 0. The van der Waals surface area contributed by atoms with Gasteiger partial charge in [0.05, 0.1) is 6.04 Å². The number of rotatable bonds is 6. The van der Waals surface area contributed by atoms with Crippen LogP contribution in [0.4, 0.5) is 0 Å². The fourth-order valence-corrected chi connectivity index (χ4v) is 1.37. The number of hydrogen-bond acceptors (Lipinski definition) is 3. The molecule has 0 aliphatic rings. The molecule has 0 amide bonds. The van der Waals surface area contributed by atoms with E-state index in [-0.39, 0.29) is 6.04 Å². The summed E-state index contributed by atoms with van der Waals surface area (Å²) in [6.45, 7) is 9.20. The van der Waals surface area contributed by atoms with Gasteiger partial charge in [0.25, 0.3) is 0 Å². The topological polar surface area (TPSA) is 51.2 Å². The van der Waals surface area contributed by atoms with Crippen molar-refractivity contribution in [2.45, 2.75) is 26.3 Å². The van der Waals surface area contributed by atoms with Gasteiger partial charge in [-0.15, -0.1) is 0 Å². The number of aryl methyl sites for hydroxylation is 1. The molecule has 1 aromatic heterocycles. The van der Waals surface area contributed by atoms with Crippen LogP contribution in [0, 0.1) is 0 Å². The van der Waals surface area contributed by atoms with Crippen molar-refractivity contribution in [1.82, 2.24) is 5.32 Å². The fraction of sp³-hybridized carbons (Fsp3) is 0.500. The maximum absolute atomic E-state index is 5.69. The van der Waals surface area contributed by atoms with Crippen LogP contribution in [0.25, 0.3) is 0 Å². The highest BCUT2D eigenvalue weighted by Gasteiger charge is 2.12. The zero-order valence-electron chi connectivity index (χ0n) is 9.55. The smallest absolute Gasteiger partial charge is 0.122 e. The Morgan fingerprint density at radius 1 is 1.60 bits per heavy atom. The molecule has 0 bridgehead atoms. The van der Waals surface area contributed by atoms with E-state index >= 15 is 0 Å². The first-order chi connectivity index (χ1) is 7.17. The van der Waals surface area contributed by atoms with E-state index in [9.17, 15) is 0 Å². The second kappa shape index (κ2) is 5.73. The normalized spacial score (nSPS) is 12.7. The first kappa shape index (κ1) is 12.0. The van der Waals surface area contributed by atoms with Crippen LogP contribution in [0.1, 0.15) is 31.4 Å². The molecule has 0 saturated carbocycles. The fourth-order valence-electron chi connectivity index (χ4n) is 1.37. The third-order valence-electron chi connectivity index (χ3n) is 2.26. The van der Waals surface area contributed by atoms with Crippen LogP contribution < -0.4 is 11.1 Å². The lowest BCUT2D eigenvalue weighted by Gasteiger charge is -2.14. The van der Waals surface area contributed by atoms with E-state index in [2.05, 4.69) is 18.8 Å². The van der Waals surface area contributed by atoms with Crippen molar-refractivity contribution >= 4 is 0 Å². The number of nitrogens with two attached hydrogens (primary N) is 1. The van der Waals surface area contributed by atoms with E-state index < -0.39 is 0 Å². The van der Waals surface area contributed by atoms with Crippen molar-refractivity contribution in [2.75, 3.05) is 13.1 Å². The molecule has 1 aromatic rings. The average Bonchev–Trinajstić information content (AvgIpc) is 2.67. The summed E-state index contributed by atoms with van der Waals surface area (Å²) in [5.74, 6) is 1.91. The van der Waals surface area contributed by atoms with E-state index in [1.807, 2.05) is 19.1 Å². The molecule has 1 rings (SSSR count). The number of hydrogen-bond donors (Lipinski definition) is 2. The number of furan rings is 1. The molecule has 0 spiro atoms. The van der Waals surface area contributed by atoms with Crippen molar-refractivity contribution in [2.24, 2.45) is 5.73 Å². The highest BCUT2D eigenvalue weighted by molar-refractivity contribution is 5.11. The Hall–Kier alpha value is -1.06. The van der Waals surface area contributed by atoms with Gasteiger partial charge in [-0.25, -0.2) is 0 Å². The first-order valence-corrected chi connectivity index (χ1v) is 5.33. The maximum atomic E-state index is 5.69. The largest absolute Gasteiger partial charge is 0.464 e. The minimum absolute atomic E-state index is 0.0852. The molecule has 0 aliphatic carbocycles. The molecule has 1 atom stereocenters. The SMILES string of the molecule is C=C(C)CNC(CN)c1ccc(CC)o1. The van der Waals surface area contributed by atoms with Gasteiger partial charge < -0.3 is 15.5 Å². The molecule has 1 heterocycles. The van der Waals surface area contributed by atoms with E-state index in [0.29, 0.717) is 6.54 Å². The molecule has 3 heteroatoms. The highest BCUT2D eigenvalue weighted by Crippen LogP contribution is 2.16. The summed E-state index contributed by atoms with van der Waals surface area (Å²) in [6, 6.07) is 4.07. The third-order valence-corrected chi connectivity index (χ3v) is 2.26. The molecular formula is C12H20N2O. The summed E-state index contributed by atoms with van der Waals surface area (Å²) in [6.07, 6.45) is 0.914. The lowest BCUT2D eigenvalue weighted by Crippen LogP contribution is -2.28. The highest BCUT2D eigenvalue weighted by atomic mass is 16.3. The van der Waals surface area contributed by atoms with Crippen molar-refractivity contribution in [1.29, 1.82) is 0 Å². The van der Waals surface area contributed by atoms with Crippen molar-refractivity contribution in [3.05, 3.63) is 35.8 Å². The van der Waals surface area contributed by atoms with Crippen molar-refractivity contribution in [3.8, 4) is 0 Å². The zero-order chi connectivity index (χ0) is 11.3. The van der Waals surface area contributed by atoms with Gasteiger partial charge in [0.1, 0.15) is 11.5 Å². The Balaban J connectivity index is 2.61. The first-order valence-electron chi connectivity index (χ1n) is 5.33. The second-order valence-electron chi connectivity index (χ2n) is 3.78. The zero-order valence-corrected chi connectivity index (χ0v) is 9.55. The third kappa shape index (κ3) is 3.53. The predicted molar refractivity (Wildman–Crippen MR) is 62.7 cm³/mol. The Labute approximate surface area is 91.3 Å². The van der Waals surface area contributed by atoms with E-state index in [1.54, 1.807) is 0 Å². The molecule has 0 aliphatic heterocycles. The Morgan fingerprint density at radius 2 is 2.33 bits per heavy atom. The molecule has 0 saturated heterocycles. The van der Waals surface area contributed by atoms with Gasteiger partial charge in [0, 0.05) is 19.5 Å². The van der Waals surface area contributed by atoms with Crippen LogP contribution in [-0.2, 0) is 6.42 Å². The summed E-state index contributed by atoms with van der Waals surface area (Å²) in [5, 5.41) is 3.30. The van der Waals surface area contributed by atoms with Crippen LogP contribution in [0.2, 0.25) is 0 Å². The van der Waals surface area contributed by atoms with Crippen LogP contribution in [-0.4, -0.2) is 13.1 Å². The Kier molecular flexibility index (Phi) is 4.59. The van der Waals surface area contributed by atoms with Crippen molar-refractivity contribution < 1.29 is 4.42 Å². The molecule has 0 fully saturated rings. The minimum atomic E-state index is 0.0852. The molecule has 3 N–H and O–H groups in total. The van der Waals surface area contributed by atoms with Gasteiger partial charge in [-0.2, -0.15) is 0 Å². The van der Waals surface area contributed by atoms with Crippen LogP contribution in [0.15, 0.2) is 28.7 Å². The van der Waals surface area contributed by atoms with Gasteiger partial charge in [0.2, 0.25) is 0 Å². The lowest BCUT2D eigenvalue weighted by atomic mass is 10.2. The monoisotopic (exact) mass is 208 g/mol. The lowest BCUT2D eigenvalue weighted by molar-refractivity contribution is 0.404. The van der Waals surface area contributed by atoms with E-state index in [0.717, 1.165) is 30.1 Å².